The van der Waals surface area contributed by atoms with E-state index in [1.54, 1.807) is 7.11 Å². The van der Waals surface area contributed by atoms with Crippen LogP contribution < -0.4 is 10.5 Å². The monoisotopic (exact) mass is 261 g/mol. The van der Waals surface area contributed by atoms with Crippen molar-refractivity contribution in [1.82, 2.24) is 0 Å². The zero-order valence-corrected chi connectivity index (χ0v) is 11.5. The Morgan fingerprint density at radius 2 is 1.83 bits per heavy atom. The van der Waals surface area contributed by atoms with Crippen LogP contribution in [0.4, 0.5) is 5.69 Å². The molecule has 0 spiro atoms. The standard InChI is InChI=1S/C15H16ClNO/c1-9-6-10(2)15(14(7-9)18-3)11-4-5-13(17)12(16)8-11/h4-8H,17H2,1-3H3. The highest BCUT2D eigenvalue weighted by Crippen LogP contribution is 2.36. The fourth-order valence-corrected chi connectivity index (χ4v) is 2.32. The molecule has 2 aromatic rings. The number of nitrogen functional groups attached to an aromatic ring is 1. The second-order valence-electron chi connectivity index (χ2n) is 4.40. The van der Waals surface area contributed by atoms with Gasteiger partial charge in [-0.25, -0.2) is 0 Å². The average molecular weight is 262 g/mol. The zero-order chi connectivity index (χ0) is 13.3. The Labute approximate surface area is 112 Å². The molecule has 3 heteroatoms. The van der Waals surface area contributed by atoms with Gasteiger partial charge in [0.05, 0.1) is 17.8 Å². The topological polar surface area (TPSA) is 35.2 Å². The molecule has 0 unspecified atom stereocenters. The molecule has 0 aliphatic rings. The molecule has 2 aromatic carbocycles. The third-order valence-corrected chi connectivity index (χ3v) is 3.28. The summed E-state index contributed by atoms with van der Waals surface area (Å²) in [5.41, 5.74) is 10.7. The van der Waals surface area contributed by atoms with Crippen LogP contribution in [-0.2, 0) is 0 Å². The SMILES string of the molecule is COc1cc(C)cc(C)c1-c1ccc(N)c(Cl)c1. The second kappa shape index (κ2) is 4.91. The first-order valence-corrected chi connectivity index (χ1v) is 6.11. The summed E-state index contributed by atoms with van der Waals surface area (Å²) < 4.78 is 5.46. The molecular weight excluding hydrogens is 246 g/mol. The normalized spacial score (nSPS) is 10.4. The van der Waals surface area contributed by atoms with Gasteiger partial charge in [-0.2, -0.15) is 0 Å². The number of anilines is 1. The summed E-state index contributed by atoms with van der Waals surface area (Å²) in [6.45, 7) is 4.12. The molecule has 94 valence electrons. The lowest BCUT2D eigenvalue weighted by Crippen LogP contribution is -1.94. The van der Waals surface area contributed by atoms with Crippen molar-refractivity contribution in [3.63, 3.8) is 0 Å². The minimum atomic E-state index is 0.564. The van der Waals surface area contributed by atoms with E-state index in [4.69, 9.17) is 22.1 Å². The van der Waals surface area contributed by atoms with Gasteiger partial charge < -0.3 is 10.5 Å². The third-order valence-electron chi connectivity index (χ3n) is 2.95. The van der Waals surface area contributed by atoms with E-state index in [0.29, 0.717) is 10.7 Å². The van der Waals surface area contributed by atoms with E-state index in [0.717, 1.165) is 22.4 Å². The first-order valence-electron chi connectivity index (χ1n) is 5.73. The lowest BCUT2D eigenvalue weighted by molar-refractivity contribution is 0.416. The predicted octanol–water partition coefficient (Wildman–Crippen LogP) is 4.21. The molecular formula is C15H16ClNO. The maximum Gasteiger partial charge on any atom is 0.127 e. The number of benzene rings is 2. The van der Waals surface area contributed by atoms with E-state index in [2.05, 4.69) is 19.9 Å². The van der Waals surface area contributed by atoms with Crippen LogP contribution in [0.1, 0.15) is 11.1 Å². The van der Waals surface area contributed by atoms with Crippen molar-refractivity contribution in [3.05, 3.63) is 46.5 Å². The van der Waals surface area contributed by atoms with E-state index >= 15 is 0 Å². The number of halogens is 1. The fraction of sp³-hybridized carbons (Fsp3) is 0.200. The van der Waals surface area contributed by atoms with Gasteiger partial charge in [-0.3, -0.25) is 0 Å². The maximum absolute atomic E-state index is 6.08. The Balaban J connectivity index is 2.66. The summed E-state index contributed by atoms with van der Waals surface area (Å²) in [5.74, 6) is 0.855. The van der Waals surface area contributed by atoms with E-state index in [1.165, 1.54) is 5.56 Å². The Morgan fingerprint density at radius 1 is 1.11 bits per heavy atom. The maximum atomic E-state index is 6.08. The summed E-state index contributed by atoms with van der Waals surface area (Å²) in [6, 6.07) is 9.80. The summed E-state index contributed by atoms with van der Waals surface area (Å²) in [4.78, 5) is 0. The summed E-state index contributed by atoms with van der Waals surface area (Å²) in [7, 11) is 1.68. The lowest BCUT2D eigenvalue weighted by atomic mass is 9.97. The van der Waals surface area contributed by atoms with Gasteiger partial charge in [0, 0.05) is 5.56 Å². The molecule has 2 nitrogen and oxygen atoms in total. The van der Waals surface area contributed by atoms with Crippen LogP contribution in [-0.4, -0.2) is 7.11 Å². The smallest absolute Gasteiger partial charge is 0.127 e. The van der Waals surface area contributed by atoms with Crippen molar-refractivity contribution in [2.75, 3.05) is 12.8 Å². The Bertz CT molecular complexity index is 593. The number of hydrogen-bond donors (Lipinski definition) is 1. The summed E-state index contributed by atoms with van der Waals surface area (Å²) >= 11 is 6.08. The van der Waals surface area contributed by atoms with Gasteiger partial charge in [0.1, 0.15) is 5.75 Å². The highest BCUT2D eigenvalue weighted by Gasteiger charge is 2.11. The third kappa shape index (κ3) is 2.29. The minimum absolute atomic E-state index is 0.564. The molecule has 0 saturated heterocycles. The first-order chi connectivity index (χ1) is 8.52. The van der Waals surface area contributed by atoms with Gasteiger partial charge in [0.15, 0.2) is 0 Å². The van der Waals surface area contributed by atoms with E-state index in [9.17, 15) is 0 Å². The first kappa shape index (κ1) is 12.8. The quantitative estimate of drug-likeness (QED) is 0.822. The predicted molar refractivity (Wildman–Crippen MR) is 77.3 cm³/mol. The molecule has 18 heavy (non-hydrogen) atoms. The van der Waals surface area contributed by atoms with Crippen LogP contribution in [0, 0.1) is 13.8 Å². The van der Waals surface area contributed by atoms with E-state index in [1.807, 2.05) is 24.3 Å². The number of hydrogen-bond acceptors (Lipinski definition) is 2. The Hall–Kier alpha value is -1.67. The molecule has 2 rings (SSSR count). The lowest BCUT2D eigenvalue weighted by Gasteiger charge is -2.14. The van der Waals surface area contributed by atoms with Gasteiger partial charge in [0.2, 0.25) is 0 Å². The number of ether oxygens (including phenoxy) is 1. The number of methoxy groups -OCH3 is 1. The van der Waals surface area contributed by atoms with Crippen molar-refractivity contribution in [1.29, 1.82) is 0 Å². The van der Waals surface area contributed by atoms with Crippen LogP contribution in [0.3, 0.4) is 0 Å². The summed E-state index contributed by atoms with van der Waals surface area (Å²) in [6.07, 6.45) is 0. The van der Waals surface area contributed by atoms with Gasteiger partial charge in [-0.05, 0) is 48.7 Å². The van der Waals surface area contributed by atoms with Crippen LogP contribution >= 0.6 is 11.6 Å². The van der Waals surface area contributed by atoms with Crippen molar-refractivity contribution in [2.24, 2.45) is 0 Å². The van der Waals surface area contributed by atoms with Crippen molar-refractivity contribution < 1.29 is 4.74 Å². The average Bonchev–Trinajstić information content (AvgIpc) is 2.32. The minimum Gasteiger partial charge on any atom is -0.496 e. The van der Waals surface area contributed by atoms with Crippen LogP contribution in [0.25, 0.3) is 11.1 Å². The molecule has 2 N–H and O–H groups in total. The van der Waals surface area contributed by atoms with Crippen molar-refractivity contribution in [3.8, 4) is 16.9 Å². The van der Waals surface area contributed by atoms with Crippen molar-refractivity contribution in [2.45, 2.75) is 13.8 Å². The van der Waals surface area contributed by atoms with Gasteiger partial charge >= 0.3 is 0 Å². The molecule has 0 aliphatic heterocycles. The Morgan fingerprint density at radius 3 is 2.44 bits per heavy atom. The number of nitrogens with two attached hydrogens (primary N) is 1. The fourth-order valence-electron chi connectivity index (χ4n) is 2.14. The molecule has 0 amide bonds. The largest absolute Gasteiger partial charge is 0.496 e. The highest BCUT2D eigenvalue weighted by atomic mass is 35.5. The number of rotatable bonds is 2. The highest BCUT2D eigenvalue weighted by molar-refractivity contribution is 6.33. The molecule has 0 aromatic heterocycles. The molecule has 0 atom stereocenters. The molecule has 0 radical (unpaired) electrons. The second-order valence-corrected chi connectivity index (χ2v) is 4.80. The van der Waals surface area contributed by atoms with Gasteiger partial charge in [-0.1, -0.05) is 23.7 Å². The molecule has 0 fully saturated rings. The molecule has 0 saturated carbocycles. The van der Waals surface area contributed by atoms with Gasteiger partial charge in [0.25, 0.3) is 0 Å². The van der Waals surface area contributed by atoms with Crippen LogP contribution in [0.15, 0.2) is 30.3 Å². The molecule has 0 heterocycles. The number of aryl methyl sites for hydroxylation is 2. The van der Waals surface area contributed by atoms with Crippen LogP contribution in [0.5, 0.6) is 5.75 Å². The van der Waals surface area contributed by atoms with Crippen molar-refractivity contribution >= 4 is 17.3 Å². The summed E-state index contributed by atoms with van der Waals surface area (Å²) in [5, 5.41) is 0.564. The Kier molecular flexibility index (Phi) is 3.48. The zero-order valence-electron chi connectivity index (χ0n) is 10.8. The molecule has 0 bridgehead atoms. The van der Waals surface area contributed by atoms with Gasteiger partial charge in [-0.15, -0.1) is 0 Å². The van der Waals surface area contributed by atoms with Crippen LogP contribution in [0.2, 0.25) is 5.02 Å². The van der Waals surface area contributed by atoms with E-state index < -0.39 is 0 Å². The van der Waals surface area contributed by atoms with E-state index in [-0.39, 0.29) is 0 Å². The molecule has 0 aliphatic carbocycles.